The Kier molecular flexibility index (Phi) is 3.75. The molecule has 19 heavy (non-hydrogen) atoms. The molecule has 0 unspecified atom stereocenters. The molecule has 1 heterocycles. The minimum atomic E-state index is 0.196. The second-order valence-corrected chi connectivity index (χ2v) is 5.94. The Morgan fingerprint density at radius 3 is 2.32 bits per heavy atom. The lowest BCUT2D eigenvalue weighted by molar-refractivity contribution is 0.501. The van der Waals surface area contributed by atoms with Gasteiger partial charge in [-0.1, -0.05) is 45.0 Å². The zero-order valence-electron chi connectivity index (χ0n) is 12.6. The number of hydrogen-bond donors (Lipinski definition) is 0. The predicted molar refractivity (Wildman–Crippen MR) is 82.5 cm³/mol. The molecule has 2 aromatic rings. The van der Waals surface area contributed by atoms with Gasteiger partial charge in [-0.25, -0.2) is 0 Å². The van der Waals surface area contributed by atoms with E-state index in [1.165, 1.54) is 22.3 Å². The van der Waals surface area contributed by atoms with Gasteiger partial charge in [-0.2, -0.15) is 0 Å². The Bertz CT molecular complexity index is 582. The summed E-state index contributed by atoms with van der Waals surface area (Å²) in [7, 11) is 0. The number of pyridine rings is 1. The maximum atomic E-state index is 4.68. The van der Waals surface area contributed by atoms with E-state index < -0.39 is 0 Å². The van der Waals surface area contributed by atoms with Gasteiger partial charge in [-0.3, -0.25) is 4.98 Å². The zero-order chi connectivity index (χ0) is 14.0. The van der Waals surface area contributed by atoms with Gasteiger partial charge >= 0.3 is 0 Å². The van der Waals surface area contributed by atoms with E-state index >= 15 is 0 Å². The lowest BCUT2D eigenvalue weighted by Crippen LogP contribution is -2.17. The molecule has 0 amide bonds. The van der Waals surface area contributed by atoms with Gasteiger partial charge in [0.05, 0.1) is 5.69 Å². The van der Waals surface area contributed by atoms with Gasteiger partial charge in [0, 0.05) is 11.8 Å². The first-order valence-corrected chi connectivity index (χ1v) is 6.99. The highest BCUT2D eigenvalue weighted by Crippen LogP contribution is 2.31. The van der Waals surface area contributed by atoms with Crippen molar-refractivity contribution in [2.24, 2.45) is 0 Å². The van der Waals surface area contributed by atoms with E-state index in [1.807, 2.05) is 0 Å². The number of nitrogens with zero attached hydrogens (tertiary/aromatic N) is 1. The summed E-state index contributed by atoms with van der Waals surface area (Å²) in [5.41, 5.74) is 6.46. The summed E-state index contributed by atoms with van der Waals surface area (Å²) in [6.07, 6.45) is 3.18. The largest absolute Gasteiger partial charge is 0.256 e. The molecule has 0 fully saturated rings. The normalized spacial score (nSPS) is 11.6. The van der Waals surface area contributed by atoms with Crippen LogP contribution < -0.4 is 0 Å². The van der Waals surface area contributed by atoms with Crippen molar-refractivity contribution in [1.82, 2.24) is 4.98 Å². The highest BCUT2D eigenvalue weighted by atomic mass is 14.7. The van der Waals surface area contributed by atoms with Crippen LogP contribution >= 0.6 is 0 Å². The van der Waals surface area contributed by atoms with Gasteiger partial charge in [-0.05, 0) is 48.4 Å². The molecule has 100 valence electrons. The second kappa shape index (κ2) is 5.16. The third-order valence-corrected chi connectivity index (χ3v) is 4.14. The molecule has 0 N–H and O–H groups in total. The van der Waals surface area contributed by atoms with Crippen LogP contribution in [0.5, 0.6) is 0 Å². The quantitative estimate of drug-likeness (QED) is 0.745. The van der Waals surface area contributed by atoms with Crippen molar-refractivity contribution in [1.29, 1.82) is 0 Å². The van der Waals surface area contributed by atoms with Gasteiger partial charge in [0.2, 0.25) is 0 Å². The molecule has 0 spiro atoms. The summed E-state index contributed by atoms with van der Waals surface area (Å²) in [6.45, 7) is 11.1. The summed E-state index contributed by atoms with van der Waals surface area (Å²) < 4.78 is 0. The van der Waals surface area contributed by atoms with Crippen molar-refractivity contribution < 1.29 is 0 Å². The van der Waals surface area contributed by atoms with E-state index in [-0.39, 0.29) is 5.41 Å². The first kappa shape index (κ1) is 13.8. The van der Waals surface area contributed by atoms with Crippen molar-refractivity contribution >= 4 is 0 Å². The van der Waals surface area contributed by atoms with Crippen molar-refractivity contribution in [2.75, 3.05) is 0 Å². The molecule has 0 aliphatic carbocycles. The standard InChI is InChI=1S/C18H23N/c1-6-18(4,5)16-12-19-17(11-14(16)3)15-10-8-7-9-13(15)2/h7-12H,6H2,1-5H3. The van der Waals surface area contributed by atoms with Gasteiger partial charge in [0.25, 0.3) is 0 Å². The van der Waals surface area contributed by atoms with Crippen LogP contribution in [-0.4, -0.2) is 4.98 Å². The first-order valence-electron chi connectivity index (χ1n) is 6.99. The lowest BCUT2D eigenvalue weighted by atomic mass is 9.80. The number of aryl methyl sites for hydroxylation is 2. The third-order valence-electron chi connectivity index (χ3n) is 4.14. The van der Waals surface area contributed by atoms with Crippen molar-refractivity contribution in [3.05, 3.63) is 53.2 Å². The minimum Gasteiger partial charge on any atom is -0.256 e. The van der Waals surface area contributed by atoms with Gasteiger partial charge in [0.15, 0.2) is 0 Å². The van der Waals surface area contributed by atoms with Crippen molar-refractivity contribution in [2.45, 2.75) is 46.5 Å². The summed E-state index contributed by atoms with van der Waals surface area (Å²) in [5.74, 6) is 0. The smallest absolute Gasteiger partial charge is 0.0707 e. The summed E-state index contributed by atoms with van der Waals surface area (Å²) in [5, 5.41) is 0. The van der Waals surface area contributed by atoms with E-state index in [0.717, 1.165) is 12.1 Å². The van der Waals surface area contributed by atoms with Gasteiger partial charge < -0.3 is 0 Å². The highest BCUT2D eigenvalue weighted by molar-refractivity contribution is 5.64. The van der Waals surface area contributed by atoms with E-state index in [4.69, 9.17) is 0 Å². The topological polar surface area (TPSA) is 12.9 Å². The SMILES string of the molecule is CCC(C)(C)c1cnc(-c2ccccc2C)cc1C. The second-order valence-electron chi connectivity index (χ2n) is 5.94. The Hall–Kier alpha value is -1.63. The van der Waals surface area contributed by atoms with Crippen LogP contribution in [0.15, 0.2) is 36.5 Å². The van der Waals surface area contributed by atoms with E-state index in [9.17, 15) is 0 Å². The maximum Gasteiger partial charge on any atom is 0.0707 e. The van der Waals surface area contributed by atoms with Crippen molar-refractivity contribution in [3.8, 4) is 11.3 Å². The van der Waals surface area contributed by atoms with Crippen LogP contribution in [0, 0.1) is 13.8 Å². The Balaban J connectivity index is 2.48. The number of hydrogen-bond acceptors (Lipinski definition) is 1. The Morgan fingerprint density at radius 1 is 1.05 bits per heavy atom. The van der Waals surface area contributed by atoms with Gasteiger partial charge in [0.1, 0.15) is 0 Å². The van der Waals surface area contributed by atoms with Crippen LogP contribution in [-0.2, 0) is 5.41 Å². The van der Waals surface area contributed by atoms with Crippen LogP contribution in [0.25, 0.3) is 11.3 Å². The molecule has 1 nitrogen and oxygen atoms in total. The Morgan fingerprint density at radius 2 is 1.74 bits per heavy atom. The molecule has 1 aromatic heterocycles. The van der Waals surface area contributed by atoms with Crippen LogP contribution in [0.1, 0.15) is 43.9 Å². The fraction of sp³-hybridized carbons (Fsp3) is 0.389. The highest BCUT2D eigenvalue weighted by Gasteiger charge is 2.21. The van der Waals surface area contributed by atoms with E-state index in [2.05, 4.69) is 76.1 Å². The maximum absolute atomic E-state index is 4.68. The number of benzene rings is 1. The number of aromatic nitrogens is 1. The van der Waals surface area contributed by atoms with Crippen LogP contribution in [0.4, 0.5) is 0 Å². The summed E-state index contributed by atoms with van der Waals surface area (Å²) >= 11 is 0. The fourth-order valence-corrected chi connectivity index (χ4v) is 2.46. The first-order chi connectivity index (χ1) is 8.95. The van der Waals surface area contributed by atoms with Crippen LogP contribution in [0.3, 0.4) is 0 Å². The van der Waals surface area contributed by atoms with Gasteiger partial charge in [-0.15, -0.1) is 0 Å². The molecular weight excluding hydrogens is 230 g/mol. The van der Waals surface area contributed by atoms with Crippen LogP contribution in [0.2, 0.25) is 0 Å². The summed E-state index contributed by atoms with van der Waals surface area (Å²) in [4.78, 5) is 4.68. The third kappa shape index (κ3) is 2.70. The van der Waals surface area contributed by atoms with E-state index in [1.54, 1.807) is 0 Å². The molecule has 0 bridgehead atoms. The molecule has 0 atom stereocenters. The molecule has 0 radical (unpaired) electrons. The molecule has 1 heteroatoms. The molecule has 0 saturated heterocycles. The fourth-order valence-electron chi connectivity index (χ4n) is 2.46. The minimum absolute atomic E-state index is 0.196. The Labute approximate surface area is 116 Å². The average molecular weight is 253 g/mol. The monoisotopic (exact) mass is 253 g/mol. The molecule has 1 aromatic carbocycles. The molecule has 0 aliphatic heterocycles. The summed E-state index contributed by atoms with van der Waals surface area (Å²) in [6, 6.07) is 10.6. The number of rotatable bonds is 3. The van der Waals surface area contributed by atoms with Crippen molar-refractivity contribution in [3.63, 3.8) is 0 Å². The average Bonchev–Trinajstić information content (AvgIpc) is 2.39. The molecule has 0 saturated carbocycles. The lowest BCUT2D eigenvalue weighted by Gasteiger charge is -2.25. The molecular formula is C18H23N. The van der Waals surface area contributed by atoms with E-state index in [0.29, 0.717) is 0 Å². The zero-order valence-corrected chi connectivity index (χ0v) is 12.6. The predicted octanol–water partition coefficient (Wildman–Crippen LogP) is 5.05. The molecule has 0 aliphatic rings. The molecule has 2 rings (SSSR count).